The molecule has 1 aromatic rings. The molecule has 124 valence electrons. The zero-order chi connectivity index (χ0) is 15.8. The molecule has 6 nitrogen and oxygen atoms in total. The topological polar surface area (TPSA) is 88.2 Å². The van der Waals surface area contributed by atoms with E-state index in [1.807, 2.05) is 6.92 Å². The SMILES string of the molecule is CCc1noc([C@H](CCCC2CCCCC2)CC(=O)NO)n1. The smallest absolute Gasteiger partial charge is 0.244 e. The third kappa shape index (κ3) is 5.09. The Bertz CT molecular complexity index is 455. The van der Waals surface area contributed by atoms with Crippen LogP contribution in [0.3, 0.4) is 0 Å². The number of hydroxylamine groups is 1. The van der Waals surface area contributed by atoms with Crippen LogP contribution in [0.1, 0.15) is 82.3 Å². The first-order valence-corrected chi connectivity index (χ1v) is 8.48. The Labute approximate surface area is 131 Å². The maximum absolute atomic E-state index is 11.5. The fourth-order valence-corrected chi connectivity index (χ4v) is 3.29. The molecule has 2 N–H and O–H groups in total. The predicted octanol–water partition coefficient (Wildman–Crippen LogP) is 3.36. The van der Waals surface area contributed by atoms with Gasteiger partial charge in [0.05, 0.1) is 0 Å². The minimum absolute atomic E-state index is 0.108. The van der Waals surface area contributed by atoms with E-state index in [1.54, 1.807) is 5.48 Å². The van der Waals surface area contributed by atoms with Crippen LogP contribution in [0.15, 0.2) is 4.52 Å². The second-order valence-corrected chi connectivity index (χ2v) is 6.27. The molecule has 0 saturated heterocycles. The molecule has 0 bridgehead atoms. The summed E-state index contributed by atoms with van der Waals surface area (Å²) in [6.07, 6.45) is 10.7. The lowest BCUT2D eigenvalue weighted by molar-refractivity contribution is -0.129. The standard InChI is InChI=1S/C16H27N3O3/c1-2-14-17-16(22-19-14)13(11-15(20)18-21)10-6-9-12-7-4-3-5-8-12/h12-13,21H,2-11H2,1H3,(H,18,20)/t13-/m1/s1. The highest BCUT2D eigenvalue weighted by Gasteiger charge is 2.23. The normalized spacial score (nSPS) is 17.4. The lowest BCUT2D eigenvalue weighted by Crippen LogP contribution is -2.21. The first-order chi connectivity index (χ1) is 10.7. The number of amides is 1. The van der Waals surface area contributed by atoms with Gasteiger partial charge in [0.1, 0.15) is 0 Å². The van der Waals surface area contributed by atoms with E-state index >= 15 is 0 Å². The molecule has 0 radical (unpaired) electrons. The van der Waals surface area contributed by atoms with Gasteiger partial charge in [0, 0.05) is 18.8 Å². The van der Waals surface area contributed by atoms with E-state index in [-0.39, 0.29) is 12.3 Å². The molecule has 1 atom stereocenters. The lowest BCUT2D eigenvalue weighted by Gasteiger charge is -2.22. The minimum Gasteiger partial charge on any atom is -0.339 e. The number of carbonyl (C=O) groups excluding carboxylic acids is 1. The molecule has 1 saturated carbocycles. The Balaban J connectivity index is 1.87. The number of aromatic nitrogens is 2. The highest BCUT2D eigenvalue weighted by molar-refractivity contribution is 5.75. The molecule has 1 aromatic heterocycles. The molecule has 1 aliphatic rings. The van der Waals surface area contributed by atoms with Crippen molar-refractivity contribution in [2.75, 3.05) is 0 Å². The van der Waals surface area contributed by atoms with Crippen molar-refractivity contribution in [2.45, 2.75) is 77.0 Å². The quantitative estimate of drug-likeness (QED) is 0.568. The van der Waals surface area contributed by atoms with Crippen molar-refractivity contribution in [3.05, 3.63) is 11.7 Å². The van der Waals surface area contributed by atoms with E-state index in [2.05, 4.69) is 10.1 Å². The molecule has 1 heterocycles. The van der Waals surface area contributed by atoms with Gasteiger partial charge < -0.3 is 4.52 Å². The van der Waals surface area contributed by atoms with E-state index in [9.17, 15) is 4.79 Å². The van der Waals surface area contributed by atoms with Crippen LogP contribution in [0, 0.1) is 5.92 Å². The van der Waals surface area contributed by atoms with Crippen molar-refractivity contribution in [1.82, 2.24) is 15.6 Å². The van der Waals surface area contributed by atoms with Gasteiger partial charge in [0.2, 0.25) is 11.8 Å². The number of hydrogen-bond acceptors (Lipinski definition) is 5. The molecule has 1 amide bonds. The predicted molar refractivity (Wildman–Crippen MR) is 81.4 cm³/mol. The summed E-state index contributed by atoms with van der Waals surface area (Å²) >= 11 is 0. The van der Waals surface area contributed by atoms with Gasteiger partial charge in [-0.05, 0) is 12.3 Å². The fraction of sp³-hybridized carbons (Fsp3) is 0.812. The molecule has 1 fully saturated rings. The summed E-state index contributed by atoms with van der Waals surface area (Å²) in [5, 5.41) is 12.7. The number of carbonyl (C=O) groups is 1. The van der Waals surface area contributed by atoms with Crippen molar-refractivity contribution in [3.63, 3.8) is 0 Å². The van der Waals surface area contributed by atoms with Crippen LogP contribution in [0.25, 0.3) is 0 Å². The van der Waals surface area contributed by atoms with Crippen LogP contribution in [-0.4, -0.2) is 21.3 Å². The summed E-state index contributed by atoms with van der Waals surface area (Å²) in [6, 6.07) is 0. The van der Waals surface area contributed by atoms with Crippen LogP contribution in [-0.2, 0) is 11.2 Å². The molecule has 0 aliphatic heterocycles. The van der Waals surface area contributed by atoms with Gasteiger partial charge in [-0.3, -0.25) is 10.0 Å². The minimum atomic E-state index is -0.404. The van der Waals surface area contributed by atoms with Crippen molar-refractivity contribution < 1.29 is 14.5 Å². The zero-order valence-electron chi connectivity index (χ0n) is 13.4. The van der Waals surface area contributed by atoms with Gasteiger partial charge in [-0.25, -0.2) is 5.48 Å². The van der Waals surface area contributed by atoms with E-state index < -0.39 is 5.91 Å². The summed E-state index contributed by atoms with van der Waals surface area (Å²) in [5.41, 5.74) is 1.70. The number of aryl methyl sites for hydroxylation is 1. The molecule has 6 heteroatoms. The zero-order valence-corrected chi connectivity index (χ0v) is 13.4. The highest BCUT2D eigenvalue weighted by Crippen LogP contribution is 2.31. The lowest BCUT2D eigenvalue weighted by atomic mass is 9.84. The molecule has 0 unspecified atom stereocenters. The van der Waals surface area contributed by atoms with Crippen LogP contribution in [0.4, 0.5) is 0 Å². The maximum atomic E-state index is 11.5. The highest BCUT2D eigenvalue weighted by atomic mass is 16.5. The number of nitrogens with zero attached hydrogens (tertiary/aromatic N) is 2. The first-order valence-electron chi connectivity index (χ1n) is 8.48. The van der Waals surface area contributed by atoms with Crippen molar-refractivity contribution in [3.8, 4) is 0 Å². The molecule has 0 aromatic carbocycles. The van der Waals surface area contributed by atoms with Gasteiger partial charge in [0.25, 0.3) is 0 Å². The second kappa shape index (κ2) is 8.88. The van der Waals surface area contributed by atoms with E-state index in [1.165, 1.54) is 38.5 Å². The number of nitrogens with one attached hydrogen (secondary N) is 1. The van der Waals surface area contributed by atoms with Gasteiger partial charge in [-0.1, -0.05) is 57.0 Å². The Morgan fingerprint density at radius 1 is 1.41 bits per heavy atom. The van der Waals surface area contributed by atoms with Gasteiger partial charge in [-0.15, -0.1) is 0 Å². The summed E-state index contributed by atoms with van der Waals surface area (Å²) in [6.45, 7) is 1.97. The summed E-state index contributed by atoms with van der Waals surface area (Å²) in [4.78, 5) is 15.8. The average Bonchev–Trinajstić information content (AvgIpc) is 3.03. The summed E-state index contributed by atoms with van der Waals surface area (Å²) in [5.74, 6) is 1.50. The van der Waals surface area contributed by atoms with E-state index in [0.717, 1.165) is 18.8 Å². The van der Waals surface area contributed by atoms with E-state index in [0.29, 0.717) is 18.1 Å². The van der Waals surface area contributed by atoms with Crippen molar-refractivity contribution >= 4 is 5.91 Å². The van der Waals surface area contributed by atoms with Crippen LogP contribution in [0.5, 0.6) is 0 Å². The van der Waals surface area contributed by atoms with Crippen LogP contribution >= 0.6 is 0 Å². The average molecular weight is 309 g/mol. The Hall–Kier alpha value is -1.43. The molecule has 0 spiro atoms. The molecule has 22 heavy (non-hydrogen) atoms. The maximum Gasteiger partial charge on any atom is 0.244 e. The van der Waals surface area contributed by atoms with Crippen molar-refractivity contribution in [2.24, 2.45) is 5.92 Å². The number of rotatable bonds is 8. The summed E-state index contributed by atoms with van der Waals surface area (Å²) in [7, 11) is 0. The monoisotopic (exact) mass is 309 g/mol. The third-order valence-electron chi connectivity index (χ3n) is 4.60. The van der Waals surface area contributed by atoms with Crippen LogP contribution < -0.4 is 5.48 Å². The number of hydrogen-bond donors (Lipinski definition) is 2. The first kappa shape index (κ1) is 16.9. The Morgan fingerprint density at radius 2 is 2.18 bits per heavy atom. The molecular formula is C16H27N3O3. The van der Waals surface area contributed by atoms with Crippen LogP contribution in [0.2, 0.25) is 0 Å². The molecular weight excluding hydrogens is 282 g/mol. The second-order valence-electron chi connectivity index (χ2n) is 6.27. The molecule has 2 rings (SSSR count). The van der Waals surface area contributed by atoms with Gasteiger partial charge in [0.15, 0.2) is 5.82 Å². The third-order valence-corrected chi connectivity index (χ3v) is 4.60. The largest absolute Gasteiger partial charge is 0.339 e. The molecule has 1 aliphatic carbocycles. The fourth-order valence-electron chi connectivity index (χ4n) is 3.29. The Morgan fingerprint density at radius 3 is 2.82 bits per heavy atom. The van der Waals surface area contributed by atoms with Crippen molar-refractivity contribution in [1.29, 1.82) is 0 Å². The van der Waals surface area contributed by atoms with E-state index in [4.69, 9.17) is 9.73 Å². The van der Waals surface area contributed by atoms with Gasteiger partial charge >= 0.3 is 0 Å². The Kier molecular flexibility index (Phi) is 6.83. The van der Waals surface area contributed by atoms with Gasteiger partial charge in [-0.2, -0.15) is 4.98 Å². The summed E-state index contributed by atoms with van der Waals surface area (Å²) < 4.78 is 5.28.